The van der Waals surface area contributed by atoms with Gasteiger partial charge in [-0.05, 0) is 38.0 Å². The van der Waals surface area contributed by atoms with Gasteiger partial charge in [-0.1, -0.05) is 42.5 Å². The predicted octanol–water partition coefficient (Wildman–Crippen LogP) is 3.12. The van der Waals surface area contributed by atoms with E-state index in [1.54, 1.807) is 13.0 Å². The Morgan fingerprint density at radius 3 is 2.55 bits per heavy atom. The molecule has 0 saturated carbocycles. The van der Waals surface area contributed by atoms with Gasteiger partial charge in [0.05, 0.1) is 5.69 Å². The molecule has 4 aromatic rings. The second-order valence-electron chi connectivity index (χ2n) is 6.98. The minimum atomic E-state index is -0.388. The molecule has 4 rings (SSSR count). The Morgan fingerprint density at radius 2 is 1.79 bits per heavy atom. The van der Waals surface area contributed by atoms with Gasteiger partial charge < -0.3 is 5.32 Å². The van der Waals surface area contributed by atoms with Crippen LogP contribution in [0.2, 0.25) is 0 Å². The topological polar surface area (TPSA) is 81.3 Å². The van der Waals surface area contributed by atoms with Crippen molar-refractivity contribution in [3.05, 3.63) is 82.0 Å². The molecule has 0 bridgehead atoms. The van der Waals surface area contributed by atoms with Gasteiger partial charge in [0.2, 0.25) is 5.91 Å². The highest BCUT2D eigenvalue weighted by atomic mass is 16.2. The van der Waals surface area contributed by atoms with Crippen LogP contribution in [0.15, 0.2) is 59.4 Å². The summed E-state index contributed by atoms with van der Waals surface area (Å²) in [7, 11) is 0. The van der Waals surface area contributed by atoms with E-state index in [4.69, 9.17) is 0 Å². The molecule has 2 aromatic carbocycles. The predicted molar refractivity (Wildman–Crippen MR) is 112 cm³/mol. The van der Waals surface area contributed by atoms with E-state index in [0.717, 1.165) is 28.1 Å². The van der Waals surface area contributed by atoms with Crippen molar-refractivity contribution in [3.63, 3.8) is 0 Å². The largest absolute Gasteiger partial charge is 0.352 e. The fraction of sp³-hybridized carbons (Fsp3) is 0.182. The summed E-state index contributed by atoms with van der Waals surface area (Å²) in [4.78, 5) is 29.8. The highest BCUT2D eigenvalue weighted by Crippen LogP contribution is 2.19. The molecule has 29 heavy (non-hydrogen) atoms. The zero-order chi connectivity index (χ0) is 20.5. The quantitative estimate of drug-likeness (QED) is 0.583. The third-order valence-corrected chi connectivity index (χ3v) is 4.98. The third-order valence-electron chi connectivity index (χ3n) is 4.98. The second-order valence-corrected chi connectivity index (χ2v) is 6.98. The number of nitrogens with one attached hydrogen (secondary N) is 1. The van der Waals surface area contributed by atoms with Crippen molar-refractivity contribution >= 4 is 17.2 Å². The number of benzene rings is 2. The number of carbonyl (C=O) groups excluding carboxylic acids is 1. The number of carbonyl (C=O) groups is 1. The van der Waals surface area contributed by atoms with Crippen LogP contribution in [0.1, 0.15) is 17.0 Å². The minimum Gasteiger partial charge on any atom is -0.324 e. The Kier molecular flexibility index (Phi) is 4.72. The average molecular weight is 387 g/mol. The van der Waals surface area contributed by atoms with Gasteiger partial charge in [-0.2, -0.15) is 0 Å². The normalized spacial score (nSPS) is 11.0. The zero-order valence-electron chi connectivity index (χ0n) is 16.5. The number of hydrogen-bond acceptors (Lipinski definition) is 4. The Balaban J connectivity index is 1.65. The molecule has 0 fully saturated rings. The molecule has 0 atom stereocenters. The van der Waals surface area contributed by atoms with Crippen LogP contribution in [0.3, 0.4) is 0 Å². The monoisotopic (exact) mass is 387 g/mol. The van der Waals surface area contributed by atoms with Crippen LogP contribution in [-0.2, 0) is 11.3 Å². The molecule has 7 nitrogen and oxygen atoms in total. The third kappa shape index (κ3) is 3.54. The van der Waals surface area contributed by atoms with Crippen molar-refractivity contribution in [2.24, 2.45) is 0 Å². The number of anilines is 1. The summed E-state index contributed by atoms with van der Waals surface area (Å²) in [6, 6.07) is 17.2. The number of aryl methyl sites for hydroxylation is 2. The Hall–Kier alpha value is -3.74. The van der Waals surface area contributed by atoms with Gasteiger partial charge in [-0.15, -0.1) is 5.10 Å². The van der Waals surface area contributed by atoms with Crippen molar-refractivity contribution in [2.45, 2.75) is 27.3 Å². The molecule has 0 aliphatic carbocycles. The van der Waals surface area contributed by atoms with Gasteiger partial charge in [0.1, 0.15) is 12.4 Å². The van der Waals surface area contributed by atoms with E-state index in [-0.39, 0.29) is 18.1 Å². The molecule has 0 unspecified atom stereocenters. The summed E-state index contributed by atoms with van der Waals surface area (Å²) in [6.07, 6.45) is 0. The Bertz CT molecular complexity index is 1270. The van der Waals surface area contributed by atoms with Crippen LogP contribution in [0, 0.1) is 20.8 Å². The van der Waals surface area contributed by atoms with Crippen LogP contribution in [0.5, 0.6) is 0 Å². The van der Waals surface area contributed by atoms with Gasteiger partial charge in [0, 0.05) is 17.3 Å². The fourth-order valence-corrected chi connectivity index (χ4v) is 3.27. The standard InChI is InChI=1S/C22H21N5O2/c1-14-8-7-11-18(15(14)2)24-21(28)13-26-22(29)27-16(3)23-19(12-20(27)25-26)17-9-5-4-6-10-17/h4-12H,13H2,1-3H3,(H,24,28). The summed E-state index contributed by atoms with van der Waals surface area (Å²) >= 11 is 0. The first-order valence-corrected chi connectivity index (χ1v) is 9.33. The summed E-state index contributed by atoms with van der Waals surface area (Å²) in [5.41, 5.74) is 4.55. The smallest absolute Gasteiger partial charge is 0.324 e. The number of rotatable bonds is 4. The Morgan fingerprint density at radius 1 is 1.03 bits per heavy atom. The highest BCUT2D eigenvalue weighted by Gasteiger charge is 2.15. The van der Waals surface area contributed by atoms with Gasteiger partial charge in [-0.25, -0.2) is 18.9 Å². The van der Waals surface area contributed by atoms with Crippen LogP contribution in [0.25, 0.3) is 16.9 Å². The highest BCUT2D eigenvalue weighted by molar-refractivity contribution is 5.91. The summed E-state index contributed by atoms with van der Waals surface area (Å²) in [5, 5.41) is 7.21. The van der Waals surface area contributed by atoms with E-state index in [2.05, 4.69) is 15.4 Å². The number of amides is 1. The first-order valence-electron chi connectivity index (χ1n) is 9.33. The molecule has 1 amide bonds. The minimum absolute atomic E-state index is 0.173. The Labute approximate surface area is 167 Å². The maximum atomic E-state index is 12.7. The van der Waals surface area contributed by atoms with E-state index in [1.807, 2.05) is 62.4 Å². The molecule has 7 heteroatoms. The lowest BCUT2D eigenvalue weighted by atomic mass is 10.1. The number of hydrogen-bond donors (Lipinski definition) is 1. The number of aromatic nitrogens is 4. The van der Waals surface area contributed by atoms with Gasteiger partial charge in [-0.3, -0.25) is 4.79 Å². The maximum absolute atomic E-state index is 12.7. The number of fused-ring (bicyclic) bond motifs is 1. The van der Waals surface area contributed by atoms with E-state index in [9.17, 15) is 9.59 Å². The lowest BCUT2D eigenvalue weighted by Gasteiger charge is -2.09. The van der Waals surface area contributed by atoms with Gasteiger partial charge >= 0.3 is 5.69 Å². The van der Waals surface area contributed by atoms with Gasteiger partial charge in [0.25, 0.3) is 0 Å². The van der Waals surface area contributed by atoms with Crippen LogP contribution >= 0.6 is 0 Å². The van der Waals surface area contributed by atoms with E-state index in [0.29, 0.717) is 11.5 Å². The van der Waals surface area contributed by atoms with Crippen molar-refractivity contribution < 1.29 is 4.79 Å². The molecule has 0 aliphatic heterocycles. The lowest BCUT2D eigenvalue weighted by Crippen LogP contribution is -2.29. The summed E-state index contributed by atoms with van der Waals surface area (Å²) < 4.78 is 2.58. The van der Waals surface area contributed by atoms with Crippen LogP contribution in [0.4, 0.5) is 5.69 Å². The van der Waals surface area contributed by atoms with E-state index < -0.39 is 0 Å². The molecule has 0 radical (unpaired) electrons. The first-order chi connectivity index (χ1) is 13.9. The fourth-order valence-electron chi connectivity index (χ4n) is 3.27. The SMILES string of the molecule is Cc1cccc(NC(=O)Cn2nc3cc(-c4ccccc4)nc(C)n3c2=O)c1C. The van der Waals surface area contributed by atoms with Crippen LogP contribution < -0.4 is 11.0 Å². The summed E-state index contributed by atoms with van der Waals surface area (Å²) in [6.45, 7) is 5.51. The first kappa shape index (κ1) is 18.6. The molecular formula is C22H21N5O2. The number of nitrogens with zero attached hydrogens (tertiary/aromatic N) is 4. The van der Waals surface area contributed by atoms with Crippen LogP contribution in [-0.4, -0.2) is 25.1 Å². The average Bonchev–Trinajstić information content (AvgIpc) is 3.02. The van der Waals surface area contributed by atoms with Crippen molar-refractivity contribution in [1.29, 1.82) is 0 Å². The van der Waals surface area contributed by atoms with Gasteiger partial charge in [0.15, 0.2) is 5.65 Å². The molecule has 0 saturated heterocycles. The maximum Gasteiger partial charge on any atom is 0.352 e. The molecular weight excluding hydrogens is 366 g/mol. The second kappa shape index (κ2) is 7.35. The zero-order valence-corrected chi connectivity index (χ0v) is 16.5. The van der Waals surface area contributed by atoms with Crippen molar-refractivity contribution in [3.8, 4) is 11.3 Å². The molecule has 0 aliphatic rings. The summed E-state index contributed by atoms with van der Waals surface area (Å²) in [5.74, 6) is 0.214. The molecule has 2 aromatic heterocycles. The molecule has 2 heterocycles. The van der Waals surface area contributed by atoms with E-state index in [1.165, 1.54) is 9.08 Å². The van der Waals surface area contributed by atoms with Crippen molar-refractivity contribution in [1.82, 2.24) is 19.2 Å². The molecule has 146 valence electrons. The molecule has 1 N–H and O–H groups in total. The molecule has 0 spiro atoms. The van der Waals surface area contributed by atoms with E-state index >= 15 is 0 Å². The van der Waals surface area contributed by atoms with Crippen molar-refractivity contribution in [2.75, 3.05) is 5.32 Å². The lowest BCUT2D eigenvalue weighted by molar-refractivity contribution is -0.117.